The van der Waals surface area contributed by atoms with Gasteiger partial charge in [0.1, 0.15) is 43.0 Å². The number of hydrogen-bond acceptors (Lipinski definition) is 13. The van der Waals surface area contributed by atoms with Crippen LogP contribution in [0, 0.1) is 0 Å². The van der Waals surface area contributed by atoms with E-state index in [-0.39, 0.29) is 50.0 Å². The van der Waals surface area contributed by atoms with Gasteiger partial charge < -0.3 is 61.1 Å². The van der Waals surface area contributed by atoms with Crippen molar-refractivity contribution in [1.82, 2.24) is 26.3 Å². The van der Waals surface area contributed by atoms with E-state index in [4.69, 9.17) is 24.7 Å². The number of aliphatic hydroxyl groups is 2. The van der Waals surface area contributed by atoms with Crippen LogP contribution in [0.2, 0.25) is 0 Å². The van der Waals surface area contributed by atoms with Crippen LogP contribution in [0.25, 0.3) is 21.8 Å². The second-order valence-corrected chi connectivity index (χ2v) is 14.4. The van der Waals surface area contributed by atoms with Gasteiger partial charge in [0, 0.05) is 36.2 Å². The summed E-state index contributed by atoms with van der Waals surface area (Å²) >= 11 is 0. The third-order valence-electron chi connectivity index (χ3n) is 9.81. The highest BCUT2D eigenvalue weighted by molar-refractivity contribution is 6.07. The summed E-state index contributed by atoms with van der Waals surface area (Å²) in [4.78, 5) is 91.7. The summed E-state index contributed by atoms with van der Waals surface area (Å²) in [7, 11) is 0. The summed E-state index contributed by atoms with van der Waals surface area (Å²) in [6.45, 7) is 1.38. The number of ether oxygens (including phenoxy) is 4. The van der Waals surface area contributed by atoms with E-state index in [0.29, 0.717) is 21.8 Å². The van der Waals surface area contributed by atoms with Gasteiger partial charge in [0.05, 0.1) is 30.9 Å². The van der Waals surface area contributed by atoms with Gasteiger partial charge in [0.25, 0.3) is 5.91 Å². The molecule has 0 saturated carbocycles. The normalized spacial score (nSPS) is 19.6. The molecule has 2 unspecified atom stereocenters. The van der Waals surface area contributed by atoms with Crippen molar-refractivity contribution in [3.05, 3.63) is 94.1 Å². The molecule has 0 radical (unpaired) electrons. The smallest absolute Gasteiger partial charge is 0.305 e. The summed E-state index contributed by atoms with van der Waals surface area (Å²) in [5.74, 6) is -4.17. The maximum atomic E-state index is 13.0. The van der Waals surface area contributed by atoms with Crippen molar-refractivity contribution in [2.75, 3.05) is 26.4 Å². The average Bonchev–Trinajstić information content (AvgIpc) is 3.24. The van der Waals surface area contributed by atoms with Crippen LogP contribution in [-0.2, 0) is 49.5 Å². The molecule has 1 saturated heterocycles. The molecule has 1 fully saturated rings. The van der Waals surface area contributed by atoms with Gasteiger partial charge in [-0.25, -0.2) is 0 Å². The Balaban J connectivity index is 1.04. The highest BCUT2D eigenvalue weighted by Gasteiger charge is 2.47. The number of fused-ring (bicyclic) bond motifs is 2. The number of aromatic nitrogens is 1. The number of benzene rings is 3. The second kappa shape index (κ2) is 21.8. The molecule has 1 aromatic heterocycles. The highest BCUT2D eigenvalue weighted by atomic mass is 16.7. The monoisotopic (exact) mass is 846 g/mol. The number of carbonyl (C=O) groups is 6. The van der Waals surface area contributed by atoms with E-state index >= 15 is 0 Å². The number of pyridine rings is 1. The fourth-order valence-corrected chi connectivity index (χ4v) is 6.68. The Morgan fingerprint density at radius 2 is 1.66 bits per heavy atom. The van der Waals surface area contributed by atoms with Gasteiger partial charge in [-0.2, -0.15) is 0 Å². The van der Waals surface area contributed by atoms with Gasteiger partial charge >= 0.3 is 5.97 Å². The Morgan fingerprint density at radius 3 is 2.38 bits per heavy atom. The number of para-hydroxylation sites is 2. The van der Waals surface area contributed by atoms with Crippen molar-refractivity contribution in [1.29, 1.82) is 0 Å². The molecule has 7 atom stereocenters. The van der Waals surface area contributed by atoms with E-state index in [1.165, 1.54) is 13.8 Å². The number of nitrogens with one attached hydrogen (secondary N) is 5. The first-order valence-corrected chi connectivity index (χ1v) is 19.6. The molecule has 5 rings (SSSR count). The Labute approximate surface area is 349 Å². The first kappa shape index (κ1) is 45.8. The second-order valence-electron chi connectivity index (χ2n) is 14.4. The average molecular weight is 847 g/mol. The molecule has 326 valence electrons. The van der Waals surface area contributed by atoms with Crippen LogP contribution < -0.4 is 32.4 Å². The van der Waals surface area contributed by atoms with Crippen LogP contribution in [0.5, 0.6) is 0 Å². The fraction of sp³-hybridized carbons (Fsp3) is 0.405. The number of aliphatic hydroxyl groups excluding tert-OH is 2. The summed E-state index contributed by atoms with van der Waals surface area (Å²) in [6, 6.07) is 17.3. The number of rotatable bonds is 20. The molecule has 61 heavy (non-hydrogen) atoms. The van der Waals surface area contributed by atoms with Crippen LogP contribution in [0.15, 0.2) is 77.6 Å². The first-order chi connectivity index (χ1) is 29.3. The first-order valence-electron chi connectivity index (χ1n) is 19.6. The van der Waals surface area contributed by atoms with Gasteiger partial charge in [0.2, 0.25) is 23.6 Å². The predicted octanol–water partition coefficient (Wildman–Crippen LogP) is -0.216. The summed E-state index contributed by atoms with van der Waals surface area (Å²) < 4.78 is 22.5. The van der Waals surface area contributed by atoms with E-state index in [0.717, 1.165) is 5.56 Å². The molecule has 1 aliphatic rings. The molecule has 4 aromatic rings. The van der Waals surface area contributed by atoms with Crippen LogP contribution in [0.1, 0.15) is 49.0 Å². The SMILES string of the molecule is CC(=O)N[C@@H]1[C@H](OCc2ccccc2)OC(CO)C(O)[C@H]1OCC(=O)N[C@H](C)C(=O)N[C@H](CCC(=O)OCCCNC(=O)c1cccc2c(=O)c3ccccc3[nH]c12)C(N)=O. The number of primary amides is 1. The van der Waals surface area contributed by atoms with Gasteiger partial charge in [-0.05, 0) is 49.6 Å². The molecule has 0 bridgehead atoms. The third kappa shape index (κ3) is 12.4. The number of hydrogen-bond donors (Lipinski definition) is 8. The van der Waals surface area contributed by atoms with Gasteiger partial charge in [0.15, 0.2) is 11.7 Å². The minimum atomic E-state index is -1.49. The standard InChI is InChI=1S/C42H50N6O13/c1-23(45-32(51)22-59-38-35(46-24(2)50)42(61-31(20-49)37(38)54)60-21-25-10-4-3-5-11-25)40(56)48-30(39(43)55)16-17-33(52)58-19-9-18-44-41(57)28-14-8-13-27-34(28)47-29-15-7-6-12-26(29)36(27)53/h3-8,10-15,23,30-31,35,37-38,42,49,54H,9,16-22H2,1-2H3,(H2,43,55)(H,44,57)(H,45,51)(H,46,50)(H,47,53)(H,48,56)/t23-,30-,31?,35+,37?,38+,42-/m1/s1. The van der Waals surface area contributed by atoms with Gasteiger partial charge in [-0.1, -0.05) is 48.5 Å². The number of carbonyl (C=O) groups excluding carboxylic acids is 6. The molecule has 9 N–H and O–H groups in total. The lowest BCUT2D eigenvalue weighted by molar-refractivity contribution is -0.279. The Morgan fingerprint density at radius 1 is 0.934 bits per heavy atom. The Hall–Kier alpha value is -6.25. The zero-order chi connectivity index (χ0) is 44.1. The lowest BCUT2D eigenvalue weighted by atomic mass is 9.96. The maximum Gasteiger partial charge on any atom is 0.305 e. The van der Waals surface area contributed by atoms with Crippen LogP contribution in [-0.4, -0.2) is 120 Å². The molecular formula is C42H50N6O13. The summed E-state index contributed by atoms with van der Waals surface area (Å²) in [5.41, 5.74) is 7.34. The number of H-pyrrole nitrogens is 1. The molecule has 1 aliphatic heterocycles. The van der Waals surface area contributed by atoms with E-state index in [1.54, 1.807) is 66.7 Å². The Kier molecular flexibility index (Phi) is 16.4. The molecule has 0 spiro atoms. The van der Waals surface area contributed by atoms with E-state index in [2.05, 4.69) is 26.3 Å². The van der Waals surface area contributed by atoms with E-state index < -0.39 is 91.4 Å². The fourth-order valence-electron chi connectivity index (χ4n) is 6.68. The van der Waals surface area contributed by atoms with Crippen LogP contribution >= 0.6 is 0 Å². The summed E-state index contributed by atoms with van der Waals surface area (Å²) in [6.07, 6.45) is -5.39. The quantitative estimate of drug-likeness (QED) is 0.0325. The van der Waals surface area contributed by atoms with Crippen molar-refractivity contribution in [2.24, 2.45) is 5.73 Å². The van der Waals surface area contributed by atoms with Crippen LogP contribution in [0.3, 0.4) is 0 Å². The van der Waals surface area contributed by atoms with Gasteiger partial charge in [-0.15, -0.1) is 0 Å². The minimum absolute atomic E-state index is 0.0577. The molecule has 0 aliphatic carbocycles. The van der Waals surface area contributed by atoms with Crippen molar-refractivity contribution >= 4 is 57.3 Å². The number of aromatic amines is 1. The Bertz CT molecular complexity index is 2250. The zero-order valence-corrected chi connectivity index (χ0v) is 33.6. The van der Waals surface area contributed by atoms with Crippen molar-refractivity contribution in [2.45, 2.75) is 82.4 Å². The molecule has 3 aromatic carbocycles. The number of esters is 1. The van der Waals surface area contributed by atoms with Crippen molar-refractivity contribution < 1.29 is 57.9 Å². The lowest BCUT2D eigenvalue weighted by Gasteiger charge is -2.44. The topological polar surface area (TPSA) is 287 Å². The largest absolute Gasteiger partial charge is 0.466 e. The third-order valence-corrected chi connectivity index (χ3v) is 9.81. The highest BCUT2D eigenvalue weighted by Crippen LogP contribution is 2.26. The number of nitrogens with two attached hydrogens (primary N) is 1. The van der Waals surface area contributed by atoms with Crippen molar-refractivity contribution in [3.63, 3.8) is 0 Å². The molecule has 19 heteroatoms. The summed E-state index contributed by atoms with van der Waals surface area (Å²) in [5, 5.41) is 31.8. The lowest BCUT2D eigenvalue weighted by Crippen LogP contribution is -2.65. The zero-order valence-electron chi connectivity index (χ0n) is 33.6. The van der Waals surface area contributed by atoms with Crippen molar-refractivity contribution in [3.8, 4) is 0 Å². The van der Waals surface area contributed by atoms with Gasteiger partial charge in [-0.3, -0.25) is 33.6 Å². The molecule has 2 heterocycles. The van der Waals surface area contributed by atoms with E-state index in [9.17, 15) is 43.8 Å². The van der Waals surface area contributed by atoms with E-state index in [1.807, 2.05) is 6.07 Å². The minimum Gasteiger partial charge on any atom is -0.466 e. The molecule has 5 amide bonds. The number of amides is 5. The maximum absolute atomic E-state index is 13.0. The van der Waals surface area contributed by atoms with Crippen LogP contribution in [0.4, 0.5) is 0 Å². The molecule has 19 nitrogen and oxygen atoms in total. The predicted molar refractivity (Wildman–Crippen MR) is 218 cm³/mol. The molecular weight excluding hydrogens is 796 g/mol.